The smallest absolute Gasteiger partial charge is 0.251 e. The first-order chi connectivity index (χ1) is 14.4. The summed E-state index contributed by atoms with van der Waals surface area (Å²) in [6.45, 7) is 5.65. The van der Waals surface area contributed by atoms with Crippen molar-refractivity contribution in [3.05, 3.63) is 88.1 Å². The van der Waals surface area contributed by atoms with Crippen LogP contribution in [0.2, 0.25) is 0 Å². The Bertz CT molecular complexity index is 1080. The van der Waals surface area contributed by atoms with Crippen LogP contribution in [0.15, 0.2) is 59.6 Å². The molecule has 3 rings (SSSR count). The maximum Gasteiger partial charge on any atom is 0.251 e. The van der Waals surface area contributed by atoms with Crippen molar-refractivity contribution in [1.29, 1.82) is 0 Å². The molecule has 30 heavy (non-hydrogen) atoms. The van der Waals surface area contributed by atoms with E-state index in [-0.39, 0.29) is 11.7 Å². The molecule has 6 heteroatoms. The van der Waals surface area contributed by atoms with Crippen molar-refractivity contribution in [2.75, 3.05) is 11.1 Å². The zero-order valence-electron chi connectivity index (χ0n) is 17.4. The van der Waals surface area contributed by atoms with Gasteiger partial charge in [-0.05, 0) is 55.5 Å². The van der Waals surface area contributed by atoms with Crippen LogP contribution in [0.3, 0.4) is 0 Å². The van der Waals surface area contributed by atoms with Crippen molar-refractivity contribution in [3.8, 4) is 0 Å². The minimum atomic E-state index is -0.529. The minimum absolute atomic E-state index is 0.134. The fraction of sp³-hybridized carbons (Fsp3) is 0.208. The number of rotatable bonds is 7. The van der Waals surface area contributed by atoms with Gasteiger partial charge in [-0.1, -0.05) is 60.3 Å². The van der Waals surface area contributed by atoms with Crippen molar-refractivity contribution in [2.45, 2.75) is 32.2 Å². The number of carbonyl (C=O) groups excluding carboxylic acids is 2. The number of anilines is 1. The SMILES string of the molecule is Cc1nc(SCC(=O)Nc2ccccc2Cc2ccccc2)c(C(N)=O)c(C)c1C. The number of nitrogens with two attached hydrogens (primary N) is 1. The van der Waals surface area contributed by atoms with E-state index in [4.69, 9.17) is 5.73 Å². The van der Waals surface area contributed by atoms with Gasteiger partial charge in [0.1, 0.15) is 5.03 Å². The molecule has 0 bridgehead atoms. The van der Waals surface area contributed by atoms with Gasteiger partial charge in [0.2, 0.25) is 5.91 Å². The third-order valence-corrected chi connectivity index (χ3v) is 6.05. The number of amides is 2. The van der Waals surface area contributed by atoms with Crippen molar-refractivity contribution in [2.24, 2.45) is 5.73 Å². The Morgan fingerprint density at radius 1 is 0.967 bits per heavy atom. The summed E-state index contributed by atoms with van der Waals surface area (Å²) in [5.41, 5.74) is 11.5. The summed E-state index contributed by atoms with van der Waals surface area (Å²) >= 11 is 1.23. The Morgan fingerprint density at radius 2 is 1.63 bits per heavy atom. The average Bonchev–Trinajstić information content (AvgIpc) is 2.72. The molecule has 1 heterocycles. The van der Waals surface area contributed by atoms with Gasteiger partial charge in [-0.2, -0.15) is 0 Å². The van der Waals surface area contributed by atoms with Gasteiger partial charge >= 0.3 is 0 Å². The van der Waals surface area contributed by atoms with Crippen LogP contribution >= 0.6 is 11.8 Å². The van der Waals surface area contributed by atoms with Crippen LogP contribution in [-0.4, -0.2) is 22.6 Å². The number of thioether (sulfide) groups is 1. The topological polar surface area (TPSA) is 85.1 Å². The van der Waals surface area contributed by atoms with E-state index in [2.05, 4.69) is 22.4 Å². The molecule has 0 unspecified atom stereocenters. The first-order valence-corrected chi connectivity index (χ1v) is 10.7. The van der Waals surface area contributed by atoms with Gasteiger partial charge in [-0.3, -0.25) is 9.59 Å². The third-order valence-electron chi connectivity index (χ3n) is 5.08. The first-order valence-electron chi connectivity index (χ1n) is 9.69. The molecule has 3 N–H and O–H groups in total. The number of carbonyl (C=O) groups is 2. The summed E-state index contributed by atoms with van der Waals surface area (Å²) in [7, 11) is 0. The zero-order chi connectivity index (χ0) is 21.7. The molecule has 0 fully saturated rings. The fourth-order valence-electron chi connectivity index (χ4n) is 3.24. The van der Waals surface area contributed by atoms with Crippen molar-refractivity contribution in [1.82, 2.24) is 4.98 Å². The van der Waals surface area contributed by atoms with E-state index < -0.39 is 5.91 Å². The normalized spacial score (nSPS) is 10.6. The average molecular weight is 420 g/mol. The molecule has 0 saturated carbocycles. The van der Waals surface area contributed by atoms with Crippen molar-refractivity contribution < 1.29 is 9.59 Å². The number of benzene rings is 2. The Labute approximate surface area is 181 Å². The van der Waals surface area contributed by atoms with Crippen molar-refractivity contribution >= 4 is 29.3 Å². The van der Waals surface area contributed by atoms with Crippen LogP contribution in [-0.2, 0) is 11.2 Å². The highest BCUT2D eigenvalue weighted by atomic mass is 32.2. The molecule has 0 aliphatic rings. The number of aromatic nitrogens is 1. The summed E-state index contributed by atoms with van der Waals surface area (Å²) < 4.78 is 0. The standard InChI is InChI=1S/C24H25N3O2S/c1-15-16(2)22(23(25)29)24(26-17(15)3)30-14-21(28)27-20-12-8-7-11-19(20)13-18-9-5-4-6-10-18/h4-12H,13-14H2,1-3H3,(H2,25,29)(H,27,28). The van der Waals surface area contributed by atoms with Gasteiger partial charge in [0, 0.05) is 11.4 Å². The molecule has 154 valence electrons. The molecular weight excluding hydrogens is 394 g/mol. The Balaban J connectivity index is 1.73. The molecule has 0 radical (unpaired) electrons. The monoisotopic (exact) mass is 419 g/mol. The highest BCUT2D eigenvalue weighted by molar-refractivity contribution is 8.00. The first kappa shape index (κ1) is 21.6. The molecule has 0 atom stereocenters. The van der Waals surface area contributed by atoms with Gasteiger partial charge in [0.05, 0.1) is 11.3 Å². The highest BCUT2D eigenvalue weighted by Gasteiger charge is 2.18. The van der Waals surface area contributed by atoms with E-state index in [0.717, 1.165) is 34.5 Å². The van der Waals surface area contributed by atoms with E-state index in [1.807, 2.05) is 63.2 Å². The number of pyridine rings is 1. The Kier molecular flexibility index (Phi) is 6.90. The lowest BCUT2D eigenvalue weighted by Crippen LogP contribution is -2.19. The molecule has 0 saturated heterocycles. The van der Waals surface area contributed by atoms with E-state index in [9.17, 15) is 9.59 Å². The lowest BCUT2D eigenvalue weighted by atomic mass is 10.0. The van der Waals surface area contributed by atoms with E-state index in [1.54, 1.807) is 0 Å². The second kappa shape index (κ2) is 9.59. The maximum absolute atomic E-state index is 12.6. The van der Waals surface area contributed by atoms with Crippen LogP contribution in [0, 0.1) is 20.8 Å². The van der Waals surface area contributed by atoms with E-state index in [0.29, 0.717) is 10.6 Å². The lowest BCUT2D eigenvalue weighted by Gasteiger charge is -2.14. The molecule has 2 amide bonds. The van der Waals surface area contributed by atoms with Crippen LogP contribution in [0.4, 0.5) is 5.69 Å². The molecule has 2 aromatic carbocycles. The summed E-state index contributed by atoms with van der Waals surface area (Å²) in [5, 5.41) is 3.48. The minimum Gasteiger partial charge on any atom is -0.366 e. The number of nitrogens with one attached hydrogen (secondary N) is 1. The summed E-state index contributed by atoms with van der Waals surface area (Å²) in [4.78, 5) is 29.1. The second-order valence-corrected chi connectivity index (χ2v) is 8.11. The predicted octanol–water partition coefficient (Wildman–Crippen LogP) is 4.43. The van der Waals surface area contributed by atoms with Gasteiger partial charge in [-0.25, -0.2) is 4.98 Å². The van der Waals surface area contributed by atoms with Crippen LogP contribution in [0.1, 0.15) is 38.3 Å². The Hall–Kier alpha value is -3.12. The highest BCUT2D eigenvalue weighted by Crippen LogP contribution is 2.27. The number of primary amides is 1. The van der Waals surface area contributed by atoms with E-state index >= 15 is 0 Å². The maximum atomic E-state index is 12.6. The summed E-state index contributed by atoms with van der Waals surface area (Å²) in [6.07, 6.45) is 0.730. The quantitative estimate of drug-likeness (QED) is 0.555. The number of hydrogen-bond donors (Lipinski definition) is 2. The third kappa shape index (κ3) is 5.07. The molecule has 5 nitrogen and oxygen atoms in total. The number of para-hydroxylation sites is 1. The van der Waals surface area contributed by atoms with Crippen LogP contribution in [0.5, 0.6) is 0 Å². The fourth-order valence-corrected chi connectivity index (χ4v) is 4.18. The van der Waals surface area contributed by atoms with Crippen molar-refractivity contribution in [3.63, 3.8) is 0 Å². The number of aryl methyl sites for hydroxylation is 1. The number of nitrogens with zero attached hydrogens (tertiary/aromatic N) is 1. The molecule has 1 aromatic heterocycles. The van der Waals surface area contributed by atoms with Gasteiger partial charge in [0.25, 0.3) is 5.91 Å². The second-order valence-electron chi connectivity index (χ2n) is 7.15. The van der Waals surface area contributed by atoms with Gasteiger partial charge in [0.15, 0.2) is 0 Å². The summed E-state index contributed by atoms with van der Waals surface area (Å²) in [6, 6.07) is 17.9. The van der Waals surface area contributed by atoms with Gasteiger partial charge in [-0.15, -0.1) is 0 Å². The zero-order valence-corrected chi connectivity index (χ0v) is 18.2. The van der Waals surface area contributed by atoms with Crippen LogP contribution in [0.25, 0.3) is 0 Å². The molecule has 0 aliphatic carbocycles. The Morgan fingerprint density at radius 3 is 2.33 bits per heavy atom. The van der Waals surface area contributed by atoms with Crippen LogP contribution < -0.4 is 11.1 Å². The molecule has 0 spiro atoms. The molecule has 0 aliphatic heterocycles. The predicted molar refractivity (Wildman–Crippen MR) is 122 cm³/mol. The molecule has 3 aromatic rings. The van der Waals surface area contributed by atoms with Gasteiger partial charge < -0.3 is 11.1 Å². The molecular formula is C24H25N3O2S. The largest absolute Gasteiger partial charge is 0.366 e. The number of hydrogen-bond acceptors (Lipinski definition) is 4. The van der Waals surface area contributed by atoms with E-state index in [1.165, 1.54) is 17.3 Å². The lowest BCUT2D eigenvalue weighted by molar-refractivity contribution is -0.113. The summed E-state index contributed by atoms with van der Waals surface area (Å²) in [5.74, 6) is -0.553.